The Hall–Kier alpha value is -1.71. The average Bonchev–Trinajstić information content (AvgIpc) is 2.73. The number of rotatable bonds is 7. The van der Waals surface area contributed by atoms with Gasteiger partial charge in [0.1, 0.15) is 5.82 Å². The van der Waals surface area contributed by atoms with Crippen molar-refractivity contribution in [3.63, 3.8) is 0 Å². The molecular formula is C22H30FIN4O. The molecule has 0 aromatic heterocycles. The maximum atomic E-state index is 13.0. The summed E-state index contributed by atoms with van der Waals surface area (Å²) in [6, 6.07) is 15.3. The van der Waals surface area contributed by atoms with Crippen molar-refractivity contribution < 1.29 is 9.13 Å². The van der Waals surface area contributed by atoms with Crippen LogP contribution < -0.4 is 10.6 Å². The quantitative estimate of drug-likeness (QED) is 0.340. The average molecular weight is 512 g/mol. The molecule has 1 fully saturated rings. The lowest BCUT2D eigenvalue weighted by Gasteiger charge is -2.26. The van der Waals surface area contributed by atoms with Crippen LogP contribution in [0, 0.1) is 5.82 Å². The molecule has 1 aliphatic heterocycles. The number of hydrogen-bond acceptors (Lipinski definition) is 3. The van der Waals surface area contributed by atoms with E-state index in [-0.39, 0.29) is 29.8 Å². The molecule has 0 amide bonds. The lowest BCUT2D eigenvalue weighted by molar-refractivity contribution is 0.0342. The van der Waals surface area contributed by atoms with Gasteiger partial charge in [0.25, 0.3) is 0 Å². The summed E-state index contributed by atoms with van der Waals surface area (Å²) in [6.45, 7) is 6.04. The summed E-state index contributed by atoms with van der Waals surface area (Å²) >= 11 is 0. The maximum absolute atomic E-state index is 13.0. The molecule has 158 valence electrons. The highest BCUT2D eigenvalue weighted by Crippen LogP contribution is 2.10. The molecule has 0 saturated carbocycles. The number of guanidine groups is 1. The van der Waals surface area contributed by atoms with Crippen LogP contribution in [0.4, 0.5) is 4.39 Å². The van der Waals surface area contributed by atoms with E-state index in [0.717, 1.165) is 57.3 Å². The van der Waals surface area contributed by atoms with Crippen LogP contribution in [0.5, 0.6) is 0 Å². The molecule has 2 N–H and O–H groups in total. The van der Waals surface area contributed by atoms with Crippen LogP contribution in [0.3, 0.4) is 0 Å². The molecule has 1 saturated heterocycles. The van der Waals surface area contributed by atoms with Crippen LogP contribution >= 0.6 is 24.0 Å². The zero-order valence-corrected chi connectivity index (χ0v) is 19.2. The summed E-state index contributed by atoms with van der Waals surface area (Å²) in [7, 11) is 1.77. The third kappa shape index (κ3) is 8.28. The van der Waals surface area contributed by atoms with Gasteiger partial charge in [-0.15, -0.1) is 24.0 Å². The number of nitrogens with one attached hydrogen (secondary N) is 2. The van der Waals surface area contributed by atoms with E-state index in [2.05, 4.69) is 44.8 Å². The van der Waals surface area contributed by atoms with Crippen molar-refractivity contribution in [3.8, 4) is 0 Å². The highest BCUT2D eigenvalue weighted by atomic mass is 127. The number of nitrogens with zero attached hydrogens (tertiary/aromatic N) is 2. The predicted molar refractivity (Wildman–Crippen MR) is 126 cm³/mol. The SMILES string of the molecule is CN=C(NCCc1ccc(F)cc1)NCc1cccc(CN2CCOCC2)c1.I. The van der Waals surface area contributed by atoms with Gasteiger partial charge < -0.3 is 15.4 Å². The van der Waals surface area contributed by atoms with Gasteiger partial charge in [-0.05, 0) is 35.2 Å². The first-order valence-corrected chi connectivity index (χ1v) is 9.80. The lowest BCUT2D eigenvalue weighted by atomic mass is 10.1. The first-order chi connectivity index (χ1) is 13.7. The Balaban J connectivity index is 0.00000300. The van der Waals surface area contributed by atoms with Gasteiger partial charge in [-0.3, -0.25) is 9.89 Å². The van der Waals surface area contributed by atoms with Gasteiger partial charge in [0.05, 0.1) is 13.2 Å². The summed E-state index contributed by atoms with van der Waals surface area (Å²) in [5, 5.41) is 6.66. The summed E-state index contributed by atoms with van der Waals surface area (Å²) in [5.41, 5.74) is 3.65. The summed E-state index contributed by atoms with van der Waals surface area (Å²) < 4.78 is 18.4. The summed E-state index contributed by atoms with van der Waals surface area (Å²) in [4.78, 5) is 6.70. The van der Waals surface area contributed by atoms with Gasteiger partial charge in [0, 0.05) is 39.8 Å². The molecule has 3 rings (SSSR count). The molecule has 7 heteroatoms. The second kappa shape index (κ2) is 12.8. The van der Waals surface area contributed by atoms with Crippen molar-refractivity contribution >= 4 is 29.9 Å². The van der Waals surface area contributed by atoms with Gasteiger partial charge in [0.15, 0.2) is 5.96 Å². The number of aliphatic imine (C=N–C) groups is 1. The zero-order valence-electron chi connectivity index (χ0n) is 16.9. The molecule has 0 atom stereocenters. The van der Waals surface area contributed by atoms with Gasteiger partial charge >= 0.3 is 0 Å². The van der Waals surface area contributed by atoms with E-state index in [9.17, 15) is 4.39 Å². The molecule has 0 bridgehead atoms. The first kappa shape index (κ1) is 23.6. The second-order valence-electron chi connectivity index (χ2n) is 6.94. The molecular weight excluding hydrogens is 482 g/mol. The summed E-state index contributed by atoms with van der Waals surface area (Å²) in [5.74, 6) is 0.561. The monoisotopic (exact) mass is 512 g/mol. The Kier molecular flexibility index (Phi) is 10.4. The minimum absolute atomic E-state index is 0. The molecule has 0 unspecified atom stereocenters. The molecule has 2 aromatic carbocycles. The van der Waals surface area contributed by atoms with E-state index in [1.165, 1.54) is 23.3 Å². The van der Waals surface area contributed by atoms with Crippen molar-refractivity contribution in [2.45, 2.75) is 19.5 Å². The van der Waals surface area contributed by atoms with E-state index < -0.39 is 0 Å². The number of halogens is 2. The highest BCUT2D eigenvalue weighted by Gasteiger charge is 2.10. The van der Waals surface area contributed by atoms with E-state index >= 15 is 0 Å². The number of benzene rings is 2. The van der Waals surface area contributed by atoms with Crippen molar-refractivity contribution in [3.05, 3.63) is 71.0 Å². The Morgan fingerprint density at radius 3 is 2.48 bits per heavy atom. The van der Waals surface area contributed by atoms with Gasteiger partial charge in [0.2, 0.25) is 0 Å². The fourth-order valence-corrected chi connectivity index (χ4v) is 3.24. The summed E-state index contributed by atoms with van der Waals surface area (Å²) in [6.07, 6.45) is 0.815. The minimum Gasteiger partial charge on any atom is -0.379 e. The molecule has 0 radical (unpaired) electrons. The van der Waals surface area contributed by atoms with Crippen LogP contribution in [-0.4, -0.2) is 50.8 Å². The standard InChI is InChI=1S/C22H29FN4O.HI/c1-24-22(25-10-9-18-5-7-21(23)8-6-18)26-16-19-3-2-4-20(15-19)17-27-11-13-28-14-12-27;/h2-8,15H,9-14,16-17H2,1H3,(H2,24,25,26);1H. The van der Waals surface area contributed by atoms with Gasteiger partial charge in [-0.1, -0.05) is 36.4 Å². The van der Waals surface area contributed by atoms with Crippen molar-refractivity contribution in [1.82, 2.24) is 15.5 Å². The van der Waals surface area contributed by atoms with E-state index in [0.29, 0.717) is 6.54 Å². The van der Waals surface area contributed by atoms with Crippen molar-refractivity contribution in [1.29, 1.82) is 0 Å². The zero-order chi connectivity index (χ0) is 19.6. The van der Waals surface area contributed by atoms with Crippen LogP contribution in [-0.2, 0) is 24.2 Å². The lowest BCUT2D eigenvalue weighted by Crippen LogP contribution is -2.38. The Bertz CT molecular complexity index is 764. The highest BCUT2D eigenvalue weighted by molar-refractivity contribution is 14.0. The number of morpholine rings is 1. The minimum atomic E-state index is -0.204. The predicted octanol–water partition coefficient (Wildman–Crippen LogP) is 3.18. The maximum Gasteiger partial charge on any atom is 0.191 e. The van der Waals surface area contributed by atoms with Crippen molar-refractivity contribution in [2.75, 3.05) is 39.9 Å². The fourth-order valence-electron chi connectivity index (χ4n) is 3.24. The molecule has 29 heavy (non-hydrogen) atoms. The fraction of sp³-hybridized carbons (Fsp3) is 0.409. The molecule has 0 spiro atoms. The number of ether oxygens (including phenoxy) is 1. The Morgan fingerprint density at radius 1 is 1.03 bits per heavy atom. The largest absolute Gasteiger partial charge is 0.379 e. The van der Waals surface area contributed by atoms with Gasteiger partial charge in [-0.25, -0.2) is 4.39 Å². The van der Waals surface area contributed by atoms with Crippen molar-refractivity contribution in [2.24, 2.45) is 4.99 Å². The Labute approximate surface area is 189 Å². The normalized spacial score (nSPS) is 14.9. The Morgan fingerprint density at radius 2 is 1.76 bits per heavy atom. The third-order valence-electron chi connectivity index (χ3n) is 4.80. The third-order valence-corrected chi connectivity index (χ3v) is 4.80. The van der Waals surface area contributed by atoms with E-state index in [1.54, 1.807) is 7.05 Å². The van der Waals surface area contributed by atoms with E-state index in [4.69, 9.17) is 4.74 Å². The second-order valence-corrected chi connectivity index (χ2v) is 6.94. The molecule has 1 aliphatic rings. The first-order valence-electron chi connectivity index (χ1n) is 9.80. The van der Waals surface area contributed by atoms with Crippen LogP contribution in [0.2, 0.25) is 0 Å². The van der Waals surface area contributed by atoms with Crippen LogP contribution in [0.25, 0.3) is 0 Å². The smallest absolute Gasteiger partial charge is 0.191 e. The van der Waals surface area contributed by atoms with Crippen LogP contribution in [0.15, 0.2) is 53.5 Å². The van der Waals surface area contributed by atoms with Gasteiger partial charge in [-0.2, -0.15) is 0 Å². The van der Waals surface area contributed by atoms with Crippen LogP contribution in [0.1, 0.15) is 16.7 Å². The molecule has 2 aromatic rings. The molecule has 1 heterocycles. The molecule has 5 nitrogen and oxygen atoms in total. The molecule has 0 aliphatic carbocycles. The van der Waals surface area contributed by atoms with E-state index in [1.807, 2.05) is 12.1 Å². The number of hydrogen-bond donors (Lipinski definition) is 2. The topological polar surface area (TPSA) is 48.9 Å².